The number of carboxylic acid groups (broad SMARTS) is 1. The van der Waals surface area contributed by atoms with Gasteiger partial charge in [0.05, 0.1) is 22.5 Å². The molecule has 0 atom stereocenters. The van der Waals surface area contributed by atoms with E-state index in [0.717, 1.165) is 21.0 Å². The standard InChI is InChI=1S/C19H14N4O3S/c24-18(25)16-9-14(6-8-21-16)26-13-4-5-15-17(10-13)27-19(23-15)22-11-12-3-1-2-7-20-12/h1-10H,11H2,(H,22,23)(H,24,25). The van der Waals surface area contributed by atoms with E-state index in [1.54, 1.807) is 18.3 Å². The van der Waals surface area contributed by atoms with Crippen molar-refractivity contribution in [3.63, 3.8) is 0 Å². The number of carbonyl (C=O) groups is 1. The molecule has 4 aromatic rings. The second-order valence-electron chi connectivity index (χ2n) is 5.61. The Balaban J connectivity index is 1.50. The van der Waals surface area contributed by atoms with Crippen molar-refractivity contribution in [2.45, 2.75) is 6.54 Å². The lowest BCUT2D eigenvalue weighted by atomic mass is 10.3. The van der Waals surface area contributed by atoms with Crippen LogP contribution in [-0.2, 0) is 6.54 Å². The second kappa shape index (κ2) is 7.38. The molecule has 3 aromatic heterocycles. The van der Waals surface area contributed by atoms with E-state index in [1.807, 2.05) is 30.3 Å². The molecule has 4 rings (SSSR count). The number of aromatic carboxylic acids is 1. The third-order valence-electron chi connectivity index (χ3n) is 3.69. The third kappa shape index (κ3) is 4.01. The lowest BCUT2D eigenvalue weighted by molar-refractivity contribution is 0.0690. The van der Waals surface area contributed by atoms with Crippen LogP contribution >= 0.6 is 11.3 Å². The van der Waals surface area contributed by atoms with Crippen molar-refractivity contribution >= 4 is 32.7 Å². The van der Waals surface area contributed by atoms with Gasteiger partial charge < -0.3 is 15.2 Å². The van der Waals surface area contributed by atoms with E-state index in [9.17, 15) is 4.79 Å². The van der Waals surface area contributed by atoms with Crippen LogP contribution in [0.2, 0.25) is 0 Å². The lowest BCUT2D eigenvalue weighted by Gasteiger charge is -2.05. The summed E-state index contributed by atoms with van der Waals surface area (Å²) in [6.07, 6.45) is 3.16. The smallest absolute Gasteiger partial charge is 0.354 e. The SMILES string of the molecule is O=C(O)c1cc(Oc2ccc3nc(NCc4ccccn4)sc3c2)ccn1. The van der Waals surface area contributed by atoms with Gasteiger partial charge in [0.2, 0.25) is 0 Å². The fourth-order valence-corrected chi connectivity index (χ4v) is 3.33. The van der Waals surface area contributed by atoms with Crippen molar-refractivity contribution in [2.75, 3.05) is 5.32 Å². The molecule has 134 valence electrons. The highest BCUT2D eigenvalue weighted by atomic mass is 32.1. The first-order chi connectivity index (χ1) is 13.2. The van der Waals surface area contributed by atoms with Gasteiger partial charge in [-0.2, -0.15) is 0 Å². The number of pyridine rings is 2. The minimum Gasteiger partial charge on any atom is -0.477 e. The molecule has 3 heterocycles. The van der Waals surface area contributed by atoms with Crippen molar-refractivity contribution in [3.05, 3.63) is 72.3 Å². The molecule has 8 heteroatoms. The Morgan fingerprint density at radius 3 is 2.78 bits per heavy atom. The van der Waals surface area contributed by atoms with Crippen molar-refractivity contribution in [1.82, 2.24) is 15.0 Å². The van der Waals surface area contributed by atoms with E-state index in [-0.39, 0.29) is 5.69 Å². The fourth-order valence-electron chi connectivity index (χ4n) is 2.44. The van der Waals surface area contributed by atoms with E-state index < -0.39 is 5.97 Å². The molecule has 0 aliphatic carbocycles. The molecule has 0 unspecified atom stereocenters. The number of hydrogen-bond acceptors (Lipinski definition) is 7. The summed E-state index contributed by atoms with van der Waals surface area (Å²) < 4.78 is 6.72. The monoisotopic (exact) mass is 378 g/mol. The molecule has 0 bridgehead atoms. The molecule has 0 amide bonds. The zero-order chi connectivity index (χ0) is 18.6. The van der Waals surface area contributed by atoms with Crippen molar-refractivity contribution in [2.24, 2.45) is 0 Å². The van der Waals surface area contributed by atoms with Crippen molar-refractivity contribution < 1.29 is 14.6 Å². The van der Waals surface area contributed by atoms with Crippen molar-refractivity contribution in [3.8, 4) is 11.5 Å². The van der Waals surface area contributed by atoms with E-state index in [0.29, 0.717) is 18.0 Å². The van der Waals surface area contributed by atoms with Crippen molar-refractivity contribution in [1.29, 1.82) is 0 Å². The highest BCUT2D eigenvalue weighted by Gasteiger charge is 2.09. The zero-order valence-electron chi connectivity index (χ0n) is 14.0. The zero-order valence-corrected chi connectivity index (χ0v) is 14.8. The van der Waals surface area contributed by atoms with Crippen LogP contribution in [-0.4, -0.2) is 26.0 Å². The first-order valence-corrected chi connectivity index (χ1v) is 8.90. The summed E-state index contributed by atoms with van der Waals surface area (Å²) in [6, 6.07) is 14.3. The Hall–Kier alpha value is -3.52. The number of nitrogens with zero attached hydrogens (tertiary/aromatic N) is 3. The summed E-state index contributed by atoms with van der Waals surface area (Å²) in [5.41, 5.74) is 1.73. The number of ether oxygens (including phenoxy) is 1. The summed E-state index contributed by atoms with van der Waals surface area (Å²) in [7, 11) is 0. The number of carboxylic acids is 1. The Bertz CT molecular complexity index is 1100. The van der Waals surface area contributed by atoms with E-state index in [1.165, 1.54) is 23.6 Å². The number of nitrogens with one attached hydrogen (secondary N) is 1. The molecule has 7 nitrogen and oxygen atoms in total. The molecule has 0 fully saturated rings. The molecule has 1 aromatic carbocycles. The number of thiazole rings is 1. The maximum Gasteiger partial charge on any atom is 0.354 e. The van der Waals surface area contributed by atoms with Crippen LogP contribution in [0.4, 0.5) is 5.13 Å². The van der Waals surface area contributed by atoms with Crippen LogP contribution in [0.3, 0.4) is 0 Å². The van der Waals surface area contributed by atoms with Gasteiger partial charge in [-0.1, -0.05) is 17.4 Å². The molecule has 0 aliphatic heterocycles. The minimum absolute atomic E-state index is 0.0626. The summed E-state index contributed by atoms with van der Waals surface area (Å²) in [5.74, 6) is -0.0771. The first kappa shape index (κ1) is 16.9. The maximum absolute atomic E-state index is 11.0. The van der Waals surface area contributed by atoms with Gasteiger partial charge in [0.1, 0.15) is 11.5 Å². The minimum atomic E-state index is -1.10. The van der Waals surface area contributed by atoms with E-state index in [4.69, 9.17) is 9.84 Å². The van der Waals surface area contributed by atoms with Crippen LogP contribution in [0.1, 0.15) is 16.2 Å². The van der Waals surface area contributed by atoms with Gasteiger partial charge in [-0.3, -0.25) is 4.98 Å². The molecule has 0 saturated carbocycles. The van der Waals surface area contributed by atoms with Crippen LogP contribution in [0, 0.1) is 0 Å². The Kier molecular flexibility index (Phi) is 4.63. The molecule has 0 aliphatic rings. The molecule has 0 spiro atoms. The molecule has 2 N–H and O–H groups in total. The van der Waals surface area contributed by atoms with Crippen LogP contribution in [0.25, 0.3) is 10.2 Å². The second-order valence-corrected chi connectivity index (χ2v) is 6.64. The highest BCUT2D eigenvalue weighted by Crippen LogP contribution is 2.31. The normalized spacial score (nSPS) is 10.7. The number of anilines is 1. The number of aromatic nitrogens is 3. The Morgan fingerprint density at radius 1 is 1.07 bits per heavy atom. The lowest BCUT2D eigenvalue weighted by Crippen LogP contribution is -2.00. The summed E-state index contributed by atoms with van der Waals surface area (Å²) in [4.78, 5) is 23.6. The summed E-state index contributed by atoms with van der Waals surface area (Å²) in [5, 5.41) is 13.1. The third-order valence-corrected chi connectivity index (χ3v) is 4.67. The predicted molar refractivity (Wildman–Crippen MR) is 102 cm³/mol. The van der Waals surface area contributed by atoms with E-state index in [2.05, 4.69) is 20.3 Å². The van der Waals surface area contributed by atoms with Crippen LogP contribution < -0.4 is 10.1 Å². The molecular formula is C19H14N4O3S. The molecule has 0 radical (unpaired) electrons. The fraction of sp³-hybridized carbons (Fsp3) is 0.0526. The Morgan fingerprint density at radius 2 is 1.96 bits per heavy atom. The van der Waals surface area contributed by atoms with Gasteiger partial charge in [0, 0.05) is 24.5 Å². The molecular weight excluding hydrogens is 364 g/mol. The average Bonchev–Trinajstić information content (AvgIpc) is 3.09. The van der Waals surface area contributed by atoms with Gasteiger partial charge in [0.15, 0.2) is 10.8 Å². The topological polar surface area (TPSA) is 97.2 Å². The number of benzene rings is 1. The average molecular weight is 378 g/mol. The molecule has 27 heavy (non-hydrogen) atoms. The predicted octanol–water partition coefficient (Wildman–Crippen LogP) is 4.19. The van der Waals surface area contributed by atoms with Crippen LogP contribution in [0.5, 0.6) is 11.5 Å². The van der Waals surface area contributed by atoms with Gasteiger partial charge in [-0.05, 0) is 30.3 Å². The quantitative estimate of drug-likeness (QED) is 0.519. The van der Waals surface area contributed by atoms with Gasteiger partial charge in [-0.15, -0.1) is 0 Å². The highest BCUT2D eigenvalue weighted by molar-refractivity contribution is 7.22. The summed E-state index contributed by atoms with van der Waals surface area (Å²) >= 11 is 1.51. The van der Waals surface area contributed by atoms with Gasteiger partial charge >= 0.3 is 5.97 Å². The molecule has 0 saturated heterocycles. The van der Waals surface area contributed by atoms with Crippen LogP contribution in [0.15, 0.2) is 60.9 Å². The number of rotatable bonds is 6. The Labute approximate surface area is 158 Å². The summed E-state index contributed by atoms with van der Waals surface area (Å²) in [6.45, 7) is 0.596. The number of hydrogen-bond donors (Lipinski definition) is 2. The van der Waals surface area contributed by atoms with Gasteiger partial charge in [-0.25, -0.2) is 14.8 Å². The largest absolute Gasteiger partial charge is 0.477 e. The first-order valence-electron chi connectivity index (χ1n) is 8.09. The number of fused-ring (bicyclic) bond motifs is 1. The van der Waals surface area contributed by atoms with E-state index >= 15 is 0 Å². The maximum atomic E-state index is 11.0. The van der Waals surface area contributed by atoms with Gasteiger partial charge in [0.25, 0.3) is 0 Å².